The third kappa shape index (κ3) is 2.99. The van der Waals surface area contributed by atoms with Crippen molar-refractivity contribution in [2.45, 2.75) is 65.4 Å². The average molecular weight is 474 g/mol. The molecule has 3 N–H and O–H groups in total. The molecule has 156 valence electrons. The Balaban J connectivity index is 1.67. The van der Waals surface area contributed by atoms with Gasteiger partial charge >= 0.3 is 0 Å². The van der Waals surface area contributed by atoms with Gasteiger partial charge in [0.05, 0.1) is 23.2 Å². The van der Waals surface area contributed by atoms with Gasteiger partial charge in [-0.05, 0) is 19.3 Å². The van der Waals surface area contributed by atoms with Gasteiger partial charge in [0.15, 0.2) is 0 Å². The van der Waals surface area contributed by atoms with Crippen LogP contribution in [0.15, 0.2) is 0 Å². The Kier molecular flexibility index (Phi) is 5.70. The maximum atomic E-state index is 13.4. The van der Waals surface area contributed by atoms with Gasteiger partial charge in [-0.1, -0.05) is 35.2 Å². The molecule has 6 atom stereocenters. The predicted octanol–water partition coefficient (Wildman–Crippen LogP) is 0.638. The number of halogens is 1. The van der Waals surface area contributed by atoms with Crippen LogP contribution in [-0.2, 0) is 14.4 Å². The number of amides is 3. The number of aliphatic hydroxyl groups is 1. The Morgan fingerprint density at radius 3 is 2.64 bits per heavy atom. The Labute approximate surface area is 177 Å². The molecule has 9 heteroatoms. The number of likely N-dealkylation sites (tertiary alicyclic amines) is 1. The first-order valence-corrected chi connectivity index (χ1v) is 12.0. The number of nitrogens with one attached hydrogen (secondary N) is 2. The van der Waals surface area contributed by atoms with E-state index in [1.165, 1.54) is 11.3 Å². The second-order valence-corrected chi connectivity index (χ2v) is 11.1. The van der Waals surface area contributed by atoms with E-state index in [0.717, 1.165) is 25.7 Å². The van der Waals surface area contributed by atoms with Crippen molar-refractivity contribution in [2.75, 3.05) is 20.2 Å². The van der Waals surface area contributed by atoms with Gasteiger partial charge in [0.2, 0.25) is 17.7 Å². The van der Waals surface area contributed by atoms with Crippen molar-refractivity contribution in [2.24, 2.45) is 11.8 Å². The van der Waals surface area contributed by atoms with Crippen molar-refractivity contribution in [1.29, 1.82) is 0 Å². The lowest BCUT2D eigenvalue weighted by molar-refractivity contribution is -0.140. The highest BCUT2D eigenvalue weighted by Gasteiger charge is 2.75. The molecule has 0 aromatic carbocycles. The Morgan fingerprint density at radius 1 is 1.29 bits per heavy atom. The van der Waals surface area contributed by atoms with Gasteiger partial charge in [0, 0.05) is 29.7 Å². The highest BCUT2D eigenvalue weighted by molar-refractivity contribution is 9.09. The van der Waals surface area contributed by atoms with Crippen molar-refractivity contribution in [3.63, 3.8) is 0 Å². The number of aliphatic hydroxyl groups excluding tert-OH is 1. The molecular formula is C19H28BrN3O4S. The monoisotopic (exact) mass is 473 g/mol. The van der Waals surface area contributed by atoms with Gasteiger partial charge < -0.3 is 20.6 Å². The third-order valence-corrected chi connectivity index (χ3v) is 10.1. The summed E-state index contributed by atoms with van der Waals surface area (Å²) < 4.78 is -0.610. The van der Waals surface area contributed by atoms with E-state index in [1.54, 1.807) is 18.8 Å². The largest absolute Gasteiger partial charge is 0.395 e. The highest BCUT2D eigenvalue weighted by Crippen LogP contribution is 2.67. The summed E-state index contributed by atoms with van der Waals surface area (Å²) in [5, 5.41) is 15.4. The summed E-state index contributed by atoms with van der Waals surface area (Å²) in [4.78, 5) is 41.0. The van der Waals surface area contributed by atoms with E-state index in [-0.39, 0.29) is 47.0 Å². The number of carbonyl (C=O) groups excluding carboxylic acids is 3. The topological polar surface area (TPSA) is 98.7 Å². The van der Waals surface area contributed by atoms with Crippen molar-refractivity contribution >= 4 is 45.4 Å². The van der Waals surface area contributed by atoms with Crippen LogP contribution in [0.5, 0.6) is 0 Å². The van der Waals surface area contributed by atoms with E-state index in [2.05, 4.69) is 26.6 Å². The molecule has 1 aliphatic carbocycles. The molecule has 7 nitrogen and oxygen atoms in total. The molecule has 28 heavy (non-hydrogen) atoms. The molecule has 4 rings (SSSR count). The maximum Gasteiger partial charge on any atom is 0.244 e. The van der Waals surface area contributed by atoms with Gasteiger partial charge in [-0.3, -0.25) is 14.4 Å². The lowest BCUT2D eigenvalue weighted by Gasteiger charge is -2.36. The first-order chi connectivity index (χ1) is 13.4. The zero-order chi connectivity index (χ0) is 20.1. The molecule has 3 amide bonds. The fraction of sp³-hybridized carbons (Fsp3) is 0.842. The minimum absolute atomic E-state index is 0.0184. The number of nitrogens with zero attached hydrogens (tertiary/aromatic N) is 1. The van der Waals surface area contributed by atoms with Gasteiger partial charge in [0.1, 0.15) is 6.04 Å². The van der Waals surface area contributed by atoms with Crippen LogP contribution in [0.25, 0.3) is 0 Å². The molecule has 3 saturated heterocycles. The minimum Gasteiger partial charge on any atom is -0.395 e. The number of β-amino-alcohol motifs (C(OH)–C–C–N with tert-alkyl or cyclic N) is 1. The first kappa shape index (κ1) is 20.5. The van der Waals surface area contributed by atoms with E-state index in [1.807, 2.05) is 0 Å². The van der Waals surface area contributed by atoms with Gasteiger partial charge in [-0.15, -0.1) is 11.8 Å². The van der Waals surface area contributed by atoms with Crippen LogP contribution in [0.4, 0.5) is 0 Å². The summed E-state index contributed by atoms with van der Waals surface area (Å²) in [5.74, 6) is -1.39. The molecule has 1 spiro atoms. The maximum absolute atomic E-state index is 13.4. The Morgan fingerprint density at radius 2 is 2.00 bits per heavy atom. The van der Waals surface area contributed by atoms with Crippen molar-refractivity contribution in [1.82, 2.24) is 15.5 Å². The van der Waals surface area contributed by atoms with Crippen LogP contribution in [-0.4, -0.2) is 74.8 Å². The lowest BCUT2D eigenvalue weighted by atomic mass is 9.70. The molecule has 0 radical (unpaired) electrons. The summed E-state index contributed by atoms with van der Waals surface area (Å²) in [7, 11) is 1.59. The van der Waals surface area contributed by atoms with Crippen molar-refractivity contribution < 1.29 is 19.5 Å². The molecule has 4 fully saturated rings. The third-order valence-electron chi connectivity index (χ3n) is 6.88. The molecular weight excluding hydrogens is 446 g/mol. The molecule has 3 aliphatic heterocycles. The number of alkyl halides is 1. The lowest BCUT2D eigenvalue weighted by Crippen LogP contribution is -2.56. The predicted molar refractivity (Wildman–Crippen MR) is 110 cm³/mol. The van der Waals surface area contributed by atoms with Crippen LogP contribution >= 0.6 is 27.7 Å². The summed E-state index contributed by atoms with van der Waals surface area (Å²) in [6.45, 7) is -0.0727. The number of thioether (sulfide) groups is 1. The number of carbonyl (C=O) groups is 3. The summed E-state index contributed by atoms with van der Waals surface area (Å²) in [6, 6.07) is -0.482. The van der Waals surface area contributed by atoms with Crippen LogP contribution in [0, 0.1) is 11.8 Å². The Hall–Kier alpha value is -0.800. The molecule has 0 aromatic rings. The standard InChI is InChI=1S/C19H28BrN3O4S/c1-21-16(25)12-13-18(27)23(7-8-24)15(19(13)9-11(20)14(12)28-19)17(26)22-10-5-3-2-4-6-10/h10-15,24H,2-9H2,1H3,(H,21,25)(H,22,26)/t11?,12-,13-,14-,15?,19?/m0/s1. The number of fused-ring (bicyclic) bond motifs is 1. The summed E-state index contributed by atoms with van der Waals surface area (Å²) >= 11 is 5.34. The molecule has 3 unspecified atom stereocenters. The normalized spacial score (nSPS) is 39.9. The van der Waals surface area contributed by atoms with Gasteiger partial charge in [-0.2, -0.15) is 0 Å². The second kappa shape index (κ2) is 7.80. The van der Waals surface area contributed by atoms with Crippen molar-refractivity contribution in [3.8, 4) is 0 Å². The second-order valence-electron chi connectivity index (χ2n) is 8.38. The molecule has 0 aromatic heterocycles. The smallest absolute Gasteiger partial charge is 0.244 e. The van der Waals surface area contributed by atoms with E-state index in [9.17, 15) is 19.5 Å². The van der Waals surface area contributed by atoms with E-state index in [4.69, 9.17) is 0 Å². The van der Waals surface area contributed by atoms with Crippen LogP contribution in [0.3, 0.4) is 0 Å². The van der Waals surface area contributed by atoms with E-state index < -0.39 is 22.6 Å². The average Bonchev–Trinajstić information content (AvgIpc) is 3.26. The zero-order valence-electron chi connectivity index (χ0n) is 16.0. The fourth-order valence-corrected chi connectivity index (χ4v) is 9.39. The van der Waals surface area contributed by atoms with E-state index in [0.29, 0.717) is 6.42 Å². The van der Waals surface area contributed by atoms with Gasteiger partial charge in [0.25, 0.3) is 0 Å². The van der Waals surface area contributed by atoms with Crippen LogP contribution in [0.2, 0.25) is 0 Å². The number of hydrogen-bond acceptors (Lipinski definition) is 5. The minimum atomic E-state index is -0.635. The molecule has 3 heterocycles. The van der Waals surface area contributed by atoms with Crippen LogP contribution < -0.4 is 10.6 Å². The zero-order valence-corrected chi connectivity index (χ0v) is 18.4. The quantitative estimate of drug-likeness (QED) is 0.508. The summed E-state index contributed by atoms with van der Waals surface area (Å²) in [5.41, 5.74) is 0. The van der Waals surface area contributed by atoms with Crippen LogP contribution in [0.1, 0.15) is 38.5 Å². The Bertz CT molecular complexity index is 674. The molecule has 2 bridgehead atoms. The van der Waals surface area contributed by atoms with E-state index >= 15 is 0 Å². The number of hydrogen-bond donors (Lipinski definition) is 3. The first-order valence-electron chi connectivity index (χ1n) is 10.2. The van der Waals surface area contributed by atoms with Crippen molar-refractivity contribution in [3.05, 3.63) is 0 Å². The molecule has 1 saturated carbocycles. The highest BCUT2D eigenvalue weighted by atomic mass is 79.9. The summed E-state index contributed by atoms with van der Waals surface area (Å²) in [6.07, 6.45) is 6.05. The number of rotatable bonds is 5. The van der Waals surface area contributed by atoms with Gasteiger partial charge in [-0.25, -0.2) is 0 Å². The molecule has 4 aliphatic rings. The fourth-order valence-electron chi connectivity index (χ4n) is 5.77. The SMILES string of the molecule is CNC(=O)[C@H]1[C@H]2C(=O)N(CCO)C(C(=O)NC3CCCCC3)C23CC(Br)[C@@H]1S3.